The second-order valence-corrected chi connectivity index (χ2v) is 5.96. The summed E-state index contributed by atoms with van der Waals surface area (Å²) >= 11 is 8.05. The van der Waals surface area contributed by atoms with Crippen molar-refractivity contribution in [1.29, 1.82) is 0 Å². The topological polar surface area (TPSA) is 72.7 Å². The van der Waals surface area contributed by atoms with Crippen molar-refractivity contribution < 1.29 is 4.79 Å². The summed E-state index contributed by atoms with van der Waals surface area (Å²) in [5.41, 5.74) is 1.96. The monoisotopic (exact) mass is 425 g/mol. The number of amides is 1. The van der Waals surface area contributed by atoms with Gasteiger partial charge in [0.2, 0.25) is 0 Å². The number of rotatable bonds is 3. The zero-order valence-electron chi connectivity index (χ0n) is 11.1. The van der Waals surface area contributed by atoms with E-state index < -0.39 is 0 Å². The van der Waals surface area contributed by atoms with Crippen molar-refractivity contribution in [3.63, 3.8) is 0 Å². The van der Waals surface area contributed by atoms with Gasteiger partial charge in [-0.05, 0) is 69.4 Å². The van der Waals surface area contributed by atoms with Crippen molar-refractivity contribution in [2.45, 2.75) is 0 Å². The molecule has 8 heteroatoms. The molecule has 0 aliphatic rings. The first kappa shape index (κ1) is 14.9. The van der Waals surface area contributed by atoms with Crippen molar-refractivity contribution in [1.82, 2.24) is 20.2 Å². The molecule has 1 amide bonds. The average molecular weight is 426 g/mol. The van der Waals surface area contributed by atoms with E-state index in [4.69, 9.17) is 11.6 Å². The van der Waals surface area contributed by atoms with Gasteiger partial charge in [-0.3, -0.25) is 4.79 Å². The van der Waals surface area contributed by atoms with E-state index in [1.165, 1.54) is 11.0 Å². The number of carbonyl (C=O) groups excluding carboxylic acids is 1. The largest absolute Gasteiger partial charge is 0.322 e. The average Bonchev–Trinajstić information content (AvgIpc) is 3.04. The summed E-state index contributed by atoms with van der Waals surface area (Å²) < 4.78 is 2.34. The zero-order chi connectivity index (χ0) is 15.5. The van der Waals surface area contributed by atoms with E-state index in [1.807, 2.05) is 12.1 Å². The van der Waals surface area contributed by atoms with Gasteiger partial charge in [-0.25, -0.2) is 4.68 Å². The Kier molecular flexibility index (Phi) is 4.34. The van der Waals surface area contributed by atoms with Gasteiger partial charge >= 0.3 is 0 Å². The maximum absolute atomic E-state index is 12.3. The van der Waals surface area contributed by atoms with Crippen LogP contribution in [0.25, 0.3) is 5.69 Å². The molecule has 0 aliphatic heterocycles. The van der Waals surface area contributed by atoms with Gasteiger partial charge in [0.15, 0.2) is 0 Å². The molecule has 0 atom stereocenters. The number of hydrogen-bond acceptors (Lipinski definition) is 4. The Bertz CT molecular complexity index is 822. The quantitative estimate of drug-likeness (QED) is 0.654. The number of benzene rings is 2. The van der Waals surface area contributed by atoms with Crippen LogP contribution in [0.5, 0.6) is 0 Å². The van der Waals surface area contributed by atoms with E-state index in [1.54, 1.807) is 30.3 Å². The summed E-state index contributed by atoms with van der Waals surface area (Å²) in [5.74, 6) is -0.205. The first-order valence-electron chi connectivity index (χ1n) is 6.23. The van der Waals surface area contributed by atoms with Gasteiger partial charge in [0.1, 0.15) is 6.33 Å². The van der Waals surface area contributed by atoms with Crippen LogP contribution in [0, 0.1) is 3.57 Å². The highest BCUT2D eigenvalue weighted by Gasteiger charge is 2.09. The molecule has 1 N–H and O–H groups in total. The van der Waals surface area contributed by atoms with Gasteiger partial charge < -0.3 is 5.32 Å². The fraction of sp³-hybridized carbons (Fsp3) is 0. The van der Waals surface area contributed by atoms with Gasteiger partial charge in [-0.1, -0.05) is 17.7 Å². The molecule has 3 rings (SSSR count). The molecule has 0 fully saturated rings. The molecule has 0 bridgehead atoms. The number of carbonyl (C=O) groups is 1. The molecule has 1 aromatic heterocycles. The summed E-state index contributed by atoms with van der Waals surface area (Å²) in [6.45, 7) is 0. The number of halogens is 2. The fourth-order valence-electron chi connectivity index (χ4n) is 1.85. The Morgan fingerprint density at radius 3 is 2.82 bits per heavy atom. The normalized spacial score (nSPS) is 10.5. The van der Waals surface area contributed by atoms with Gasteiger partial charge in [0, 0.05) is 14.8 Å². The van der Waals surface area contributed by atoms with E-state index in [0.717, 1.165) is 9.26 Å². The SMILES string of the molecule is O=C(Nc1cccc(-n2cnnn2)c1)c1ccc(Cl)c(I)c1. The lowest BCUT2D eigenvalue weighted by Gasteiger charge is -2.08. The lowest BCUT2D eigenvalue weighted by molar-refractivity contribution is 0.102. The second-order valence-electron chi connectivity index (χ2n) is 4.39. The molecule has 0 unspecified atom stereocenters. The standard InChI is InChI=1S/C14H9ClIN5O/c15-12-5-4-9(6-13(12)16)14(22)18-10-2-1-3-11(7-10)21-8-17-19-20-21/h1-8H,(H,18,22). The van der Waals surface area contributed by atoms with Crippen molar-refractivity contribution in [2.75, 3.05) is 5.32 Å². The van der Waals surface area contributed by atoms with Crippen LogP contribution < -0.4 is 5.32 Å². The fourth-order valence-corrected chi connectivity index (χ4v) is 2.48. The molecule has 1 heterocycles. The Morgan fingerprint density at radius 2 is 2.09 bits per heavy atom. The molecule has 0 spiro atoms. The lowest BCUT2D eigenvalue weighted by atomic mass is 10.2. The molecule has 0 saturated carbocycles. The van der Waals surface area contributed by atoms with Crippen molar-refractivity contribution in [3.8, 4) is 5.69 Å². The molecule has 110 valence electrons. The number of hydrogen-bond donors (Lipinski definition) is 1. The van der Waals surface area contributed by atoms with Crippen LogP contribution in [-0.4, -0.2) is 26.1 Å². The zero-order valence-corrected chi connectivity index (χ0v) is 14.0. The summed E-state index contributed by atoms with van der Waals surface area (Å²) in [7, 11) is 0. The molecule has 0 saturated heterocycles. The van der Waals surface area contributed by atoms with E-state index in [9.17, 15) is 4.79 Å². The molecular weight excluding hydrogens is 417 g/mol. The lowest BCUT2D eigenvalue weighted by Crippen LogP contribution is -2.12. The highest BCUT2D eigenvalue weighted by atomic mass is 127. The number of aromatic nitrogens is 4. The number of anilines is 1. The van der Waals surface area contributed by atoms with Gasteiger partial charge in [-0.2, -0.15) is 0 Å². The molecule has 6 nitrogen and oxygen atoms in total. The van der Waals surface area contributed by atoms with Gasteiger partial charge in [0.25, 0.3) is 5.91 Å². The third kappa shape index (κ3) is 3.25. The molecular formula is C14H9ClIN5O. The Morgan fingerprint density at radius 1 is 1.23 bits per heavy atom. The van der Waals surface area contributed by atoms with Crippen molar-refractivity contribution in [2.24, 2.45) is 0 Å². The minimum absolute atomic E-state index is 0.205. The first-order valence-corrected chi connectivity index (χ1v) is 7.69. The summed E-state index contributed by atoms with van der Waals surface area (Å²) in [6.07, 6.45) is 1.49. The summed E-state index contributed by atoms with van der Waals surface area (Å²) in [5, 5.41) is 14.4. The van der Waals surface area contributed by atoms with Crippen LogP contribution in [0.1, 0.15) is 10.4 Å². The number of nitrogens with zero attached hydrogens (tertiary/aromatic N) is 4. The van der Waals surface area contributed by atoms with E-state index in [0.29, 0.717) is 16.3 Å². The van der Waals surface area contributed by atoms with Crippen LogP contribution in [0.3, 0.4) is 0 Å². The maximum atomic E-state index is 12.3. The van der Waals surface area contributed by atoms with Crippen LogP contribution in [0.4, 0.5) is 5.69 Å². The predicted octanol–water partition coefficient (Wildman–Crippen LogP) is 3.17. The summed E-state index contributed by atoms with van der Waals surface area (Å²) in [4.78, 5) is 12.3. The van der Waals surface area contributed by atoms with Gasteiger partial charge in [0.05, 0.1) is 10.7 Å². The number of nitrogens with one attached hydrogen (secondary N) is 1. The first-order chi connectivity index (χ1) is 10.6. The van der Waals surface area contributed by atoms with E-state index in [-0.39, 0.29) is 5.91 Å². The highest BCUT2D eigenvalue weighted by molar-refractivity contribution is 14.1. The number of tetrazole rings is 1. The molecule has 2 aromatic carbocycles. The third-order valence-electron chi connectivity index (χ3n) is 2.90. The smallest absolute Gasteiger partial charge is 0.255 e. The minimum Gasteiger partial charge on any atom is -0.322 e. The molecule has 0 radical (unpaired) electrons. The van der Waals surface area contributed by atoms with Crippen LogP contribution in [-0.2, 0) is 0 Å². The van der Waals surface area contributed by atoms with Crippen LogP contribution >= 0.6 is 34.2 Å². The van der Waals surface area contributed by atoms with Crippen molar-refractivity contribution in [3.05, 3.63) is 62.9 Å². The van der Waals surface area contributed by atoms with Crippen LogP contribution in [0.2, 0.25) is 5.02 Å². The van der Waals surface area contributed by atoms with E-state index in [2.05, 4.69) is 43.4 Å². The molecule has 22 heavy (non-hydrogen) atoms. The van der Waals surface area contributed by atoms with Crippen molar-refractivity contribution >= 4 is 45.8 Å². The minimum atomic E-state index is -0.205. The van der Waals surface area contributed by atoms with Gasteiger partial charge in [-0.15, -0.1) is 5.10 Å². The third-order valence-corrected chi connectivity index (χ3v) is 4.44. The highest BCUT2D eigenvalue weighted by Crippen LogP contribution is 2.20. The predicted molar refractivity (Wildman–Crippen MR) is 91.3 cm³/mol. The van der Waals surface area contributed by atoms with Crippen LogP contribution in [0.15, 0.2) is 48.8 Å². The maximum Gasteiger partial charge on any atom is 0.255 e. The second kappa shape index (κ2) is 6.41. The van der Waals surface area contributed by atoms with E-state index >= 15 is 0 Å². The Hall–Kier alpha value is -2.00. The Labute approximate surface area is 144 Å². The Balaban J connectivity index is 1.82. The molecule has 3 aromatic rings. The molecule has 0 aliphatic carbocycles. The summed E-state index contributed by atoms with van der Waals surface area (Å²) in [6, 6.07) is 12.4.